The first-order valence-corrected chi connectivity index (χ1v) is 24.4. The topological polar surface area (TPSA) is 34.0 Å². The van der Waals surface area contributed by atoms with Gasteiger partial charge in [0, 0.05) is 57.0 Å². The molecule has 0 amide bonds. The lowest BCUT2D eigenvalue weighted by Crippen LogP contribution is -2.30. The van der Waals surface area contributed by atoms with Gasteiger partial charge in [-0.1, -0.05) is 196 Å². The molecule has 0 bridgehead atoms. The van der Waals surface area contributed by atoms with Crippen molar-refractivity contribution >= 4 is 49.8 Å². The summed E-state index contributed by atoms with van der Waals surface area (Å²) in [6.07, 6.45) is 7.20. The summed E-state index contributed by atoms with van der Waals surface area (Å²) < 4.78 is 2.35. The number of para-hydroxylation sites is 3. The molecule has 0 saturated heterocycles. The minimum atomic E-state index is -0.180. The van der Waals surface area contributed by atoms with E-state index >= 15 is 0 Å². The number of hydrogen-bond acceptors (Lipinski definition) is 3. The molecule has 2 atom stereocenters. The predicted molar refractivity (Wildman–Crippen MR) is 291 cm³/mol. The molecule has 9 aromatic carbocycles. The van der Waals surface area contributed by atoms with E-state index in [0.717, 1.165) is 28.2 Å². The highest BCUT2D eigenvalue weighted by molar-refractivity contribution is 6.13. The van der Waals surface area contributed by atoms with Crippen LogP contribution in [0.2, 0.25) is 0 Å². The smallest absolute Gasteiger partial charge is 0.231 e. The molecule has 2 aliphatic carbocycles. The Hall–Kier alpha value is -8.60. The van der Waals surface area contributed by atoms with Crippen LogP contribution in [-0.2, 0) is 12.5 Å². The van der Waals surface area contributed by atoms with E-state index in [-0.39, 0.29) is 17.4 Å². The van der Waals surface area contributed by atoms with Crippen molar-refractivity contribution in [1.82, 2.24) is 14.5 Å². The number of hydrogen-bond donors (Lipinski definition) is 0. The van der Waals surface area contributed by atoms with E-state index in [1.807, 2.05) is 0 Å². The summed E-state index contributed by atoms with van der Waals surface area (Å²) in [7, 11) is 2.19. The van der Waals surface area contributed by atoms with E-state index in [1.165, 1.54) is 93.8 Å². The van der Waals surface area contributed by atoms with Crippen LogP contribution in [0.4, 0.5) is 11.6 Å². The largest absolute Gasteiger partial charge is 0.343 e. The van der Waals surface area contributed by atoms with Crippen LogP contribution >= 0.6 is 0 Å². The second-order valence-corrected chi connectivity index (χ2v) is 19.8. The molecule has 0 fully saturated rings. The molecule has 3 aliphatic rings. The van der Waals surface area contributed by atoms with Crippen LogP contribution in [0.5, 0.6) is 0 Å². The number of fused-ring (bicyclic) bond motifs is 10. The van der Waals surface area contributed by atoms with Crippen LogP contribution in [0.15, 0.2) is 224 Å². The lowest BCUT2D eigenvalue weighted by atomic mass is 9.80. The van der Waals surface area contributed by atoms with E-state index < -0.39 is 0 Å². The number of allylic oxidation sites excluding steroid dienone is 2. The highest BCUT2D eigenvalue weighted by Crippen LogP contribution is 2.53. The van der Waals surface area contributed by atoms with Crippen molar-refractivity contribution in [3.8, 4) is 55.9 Å². The van der Waals surface area contributed by atoms with Gasteiger partial charge in [-0.05, 0) is 109 Å². The average molecular weight is 897 g/mol. The molecule has 0 spiro atoms. The van der Waals surface area contributed by atoms with Gasteiger partial charge in [0.2, 0.25) is 5.95 Å². The molecule has 0 radical (unpaired) electrons. The van der Waals surface area contributed by atoms with Gasteiger partial charge in [0.25, 0.3) is 0 Å². The fraction of sp³-hybridized carbons (Fsp3) is 0.0909. The number of anilines is 2. The monoisotopic (exact) mass is 896 g/mol. The van der Waals surface area contributed by atoms with Crippen molar-refractivity contribution in [2.75, 3.05) is 4.90 Å². The third-order valence-electron chi connectivity index (χ3n) is 15.5. The van der Waals surface area contributed by atoms with Gasteiger partial charge < -0.3 is 9.47 Å². The third kappa shape index (κ3) is 6.22. The van der Waals surface area contributed by atoms with Gasteiger partial charge in [0.1, 0.15) is 0 Å². The lowest BCUT2D eigenvalue weighted by Gasteiger charge is -2.29. The number of rotatable bonds is 6. The molecular formula is C66H48N4. The van der Waals surface area contributed by atoms with Gasteiger partial charge in [-0.15, -0.1) is 0 Å². The Morgan fingerprint density at radius 3 is 1.93 bits per heavy atom. The van der Waals surface area contributed by atoms with Crippen LogP contribution in [0.1, 0.15) is 42.0 Å². The molecule has 4 heteroatoms. The average Bonchev–Trinajstić information content (AvgIpc) is 3.99. The molecule has 0 N–H and O–H groups in total. The first-order chi connectivity index (χ1) is 34.4. The summed E-state index contributed by atoms with van der Waals surface area (Å²) in [6, 6.07) is 75.2. The van der Waals surface area contributed by atoms with Crippen LogP contribution in [0.3, 0.4) is 0 Å². The highest BCUT2D eigenvalue weighted by atomic mass is 15.3. The van der Waals surface area contributed by atoms with Gasteiger partial charge in [-0.3, -0.25) is 0 Å². The standard InChI is InChI=1S/C66H48N4/c1-66(2)57-37-45(31-33-51(57)56-36-49-35-48(30-29-46(49)38-58(56)66)50-21-14-22-55-53-20-10-12-23-61(53)69(3)64(50)55)47-32-34-54-52-19-11-13-24-62(52)70(63(54)39-47)65-67-59(43-17-8-5-9-18-43)40-60(68-65)44-27-25-42(26-28-44)41-15-6-4-7-16-41/h4-40,54,63H,1-3H3. The van der Waals surface area contributed by atoms with Crippen molar-refractivity contribution in [2.45, 2.75) is 31.2 Å². The van der Waals surface area contributed by atoms with Gasteiger partial charge in [0.15, 0.2) is 0 Å². The van der Waals surface area contributed by atoms with E-state index in [2.05, 4.69) is 255 Å². The Morgan fingerprint density at radius 1 is 0.471 bits per heavy atom. The van der Waals surface area contributed by atoms with E-state index in [1.54, 1.807) is 0 Å². The molecule has 1 aliphatic heterocycles. The van der Waals surface area contributed by atoms with Crippen LogP contribution in [-0.4, -0.2) is 20.6 Å². The predicted octanol–water partition coefficient (Wildman–Crippen LogP) is 16.5. The second kappa shape index (κ2) is 15.5. The summed E-state index contributed by atoms with van der Waals surface area (Å²) in [4.78, 5) is 13.2. The second-order valence-electron chi connectivity index (χ2n) is 19.8. The molecule has 11 aromatic rings. The quantitative estimate of drug-likeness (QED) is 0.167. The van der Waals surface area contributed by atoms with Gasteiger partial charge in [0.05, 0.1) is 22.9 Å². The summed E-state index contributed by atoms with van der Waals surface area (Å²) in [5, 5.41) is 5.11. The Bertz CT molecular complexity index is 3990. The fourth-order valence-corrected chi connectivity index (χ4v) is 12.0. The number of aryl methyl sites for hydroxylation is 1. The summed E-state index contributed by atoms with van der Waals surface area (Å²) in [5.41, 5.74) is 21.4. The summed E-state index contributed by atoms with van der Waals surface area (Å²) >= 11 is 0. The molecule has 4 nitrogen and oxygen atoms in total. The molecule has 14 rings (SSSR count). The van der Waals surface area contributed by atoms with Crippen molar-refractivity contribution in [3.63, 3.8) is 0 Å². The van der Waals surface area contributed by atoms with Crippen molar-refractivity contribution in [1.29, 1.82) is 0 Å². The lowest BCUT2D eigenvalue weighted by molar-refractivity contribution is 0.661. The molecule has 332 valence electrons. The van der Waals surface area contributed by atoms with Gasteiger partial charge in [-0.25, -0.2) is 9.97 Å². The first kappa shape index (κ1) is 40.5. The van der Waals surface area contributed by atoms with E-state index in [4.69, 9.17) is 9.97 Å². The third-order valence-corrected chi connectivity index (χ3v) is 15.5. The fourth-order valence-electron chi connectivity index (χ4n) is 12.0. The van der Waals surface area contributed by atoms with Crippen LogP contribution in [0, 0.1) is 0 Å². The van der Waals surface area contributed by atoms with Crippen LogP contribution < -0.4 is 4.90 Å². The maximum Gasteiger partial charge on any atom is 0.231 e. The summed E-state index contributed by atoms with van der Waals surface area (Å²) in [5.74, 6) is 0.849. The zero-order valence-electron chi connectivity index (χ0n) is 39.3. The Balaban J connectivity index is 0.843. The zero-order valence-corrected chi connectivity index (χ0v) is 39.3. The normalized spacial score (nSPS) is 16.3. The maximum atomic E-state index is 5.42. The zero-order chi connectivity index (χ0) is 46.7. The molecule has 70 heavy (non-hydrogen) atoms. The Morgan fingerprint density at radius 2 is 1.11 bits per heavy atom. The van der Waals surface area contributed by atoms with Crippen molar-refractivity contribution in [2.24, 2.45) is 7.05 Å². The number of benzene rings is 9. The molecule has 3 heterocycles. The Labute approximate surface area is 408 Å². The highest BCUT2D eigenvalue weighted by Gasteiger charge is 2.41. The maximum absolute atomic E-state index is 5.42. The molecular weight excluding hydrogens is 849 g/mol. The SMILES string of the molecule is Cn1c2ccccc2c2cccc(-c3ccc4cc5c(cc4c3)-c3ccc(C4=CC6C(C=C4)c4ccccc4N6c4nc(-c6ccccc6)cc(-c6ccc(-c7ccccc7)cc6)n4)cc3C5(C)C)c21. The molecule has 2 unspecified atom stereocenters. The van der Waals surface area contributed by atoms with Crippen molar-refractivity contribution in [3.05, 3.63) is 247 Å². The molecule has 0 saturated carbocycles. The van der Waals surface area contributed by atoms with E-state index in [9.17, 15) is 0 Å². The van der Waals surface area contributed by atoms with Crippen molar-refractivity contribution < 1.29 is 0 Å². The van der Waals surface area contributed by atoms with Gasteiger partial charge in [-0.2, -0.15) is 0 Å². The summed E-state index contributed by atoms with van der Waals surface area (Å²) in [6.45, 7) is 4.78. The Kier molecular flexibility index (Phi) is 8.94. The molecule has 2 aromatic heterocycles. The minimum absolute atomic E-state index is 0.0190. The number of aromatic nitrogens is 3. The first-order valence-electron chi connectivity index (χ1n) is 24.4. The van der Waals surface area contributed by atoms with E-state index in [0.29, 0.717) is 5.95 Å². The van der Waals surface area contributed by atoms with Gasteiger partial charge >= 0.3 is 0 Å². The van der Waals surface area contributed by atoms with Crippen LogP contribution in [0.25, 0.3) is 94.0 Å². The number of nitrogens with zero attached hydrogens (tertiary/aromatic N) is 4. The minimum Gasteiger partial charge on any atom is -0.343 e.